The summed E-state index contributed by atoms with van der Waals surface area (Å²) >= 11 is 0. The zero-order chi connectivity index (χ0) is 17.6. The number of urea groups is 1. The van der Waals surface area contributed by atoms with E-state index < -0.39 is 0 Å². The van der Waals surface area contributed by atoms with Gasteiger partial charge in [0.1, 0.15) is 6.10 Å². The molecule has 8 nitrogen and oxygen atoms in total. The van der Waals surface area contributed by atoms with Gasteiger partial charge in [-0.1, -0.05) is 6.07 Å². The molecule has 0 saturated carbocycles. The first kappa shape index (κ1) is 17.1. The molecule has 1 aromatic carbocycles. The van der Waals surface area contributed by atoms with Gasteiger partial charge in [-0.2, -0.15) is 5.10 Å². The molecule has 2 N–H and O–H groups in total. The maximum Gasteiger partial charge on any atom is 0.317 e. The number of hydrogen-bond donors (Lipinski definition) is 2. The molecule has 1 saturated heterocycles. The molecule has 0 spiro atoms. The third kappa shape index (κ3) is 4.03. The summed E-state index contributed by atoms with van der Waals surface area (Å²) in [5.41, 5.74) is 1.81. The van der Waals surface area contributed by atoms with Gasteiger partial charge in [0.05, 0.1) is 39.6 Å². The van der Waals surface area contributed by atoms with Crippen molar-refractivity contribution in [3.8, 4) is 11.5 Å². The molecule has 0 bridgehead atoms. The number of nitrogens with one attached hydrogen (secondary N) is 2. The van der Waals surface area contributed by atoms with Gasteiger partial charge in [-0.15, -0.1) is 0 Å². The summed E-state index contributed by atoms with van der Waals surface area (Å²) in [7, 11) is 3.19. The monoisotopic (exact) mass is 346 g/mol. The van der Waals surface area contributed by atoms with E-state index >= 15 is 0 Å². The first-order valence-corrected chi connectivity index (χ1v) is 8.06. The maximum atomic E-state index is 12.4. The Hall–Kier alpha value is -2.74. The minimum atomic E-state index is -0.202. The second kappa shape index (κ2) is 7.89. The Morgan fingerprint density at radius 2 is 2.20 bits per heavy atom. The molecule has 2 amide bonds. The number of H-pyrrole nitrogens is 1. The number of morpholine rings is 1. The number of ether oxygens (including phenoxy) is 3. The maximum absolute atomic E-state index is 12.4. The van der Waals surface area contributed by atoms with E-state index in [1.54, 1.807) is 25.3 Å². The highest BCUT2D eigenvalue weighted by atomic mass is 16.5. The molecule has 0 aliphatic carbocycles. The van der Waals surface area contributed by atoms with E-state index in [2.05, 4.69) is 15.5 Å². The normalized spacial score (nSPS) is 17.2. The van der Waals surface area contributed by atoms with Crippen molar-refractivity contribution in [1.82, 2.24) is 20.4 Å². The topological polar surface area (TPSA) is 88.7 Å². The molecular formula is C17H22N4O4. The standard InChI is InChI=1S/C17H22N4O4/c1-23-14-4-3-12(9-15(14)24-2)16-11-21(7-8-25-16)17(22)18-10-13-5-6-19-20-13/h3-6,9,16H,7-8,10-11H2,1-2H3,(H,18,22)(H,19,20). The first-order valence-electron chi connectivity index (χ1n) is 8.06. The lowest BCUT2D eigenvalue weighted by Gasteiger charge is -2.33. The van der Waals surface area contributed by atoms with Gasteiger partial charge >= 0.3 is 6.03 Å². The van der Waals surface area contributed by atoms with Crippen molar-refractivity contribution >= 4 is 6.03 Å². The van der Waals surface area contributed by atoms with Crippen molar-refractivity contribution in [1.29, 1.82) is 0 Å². The van der Waals surface area contributed by atoms with Crippen LogP contribution in [0.3, 0.4) is 0 Å². The summed E-state index contributed by atoms with van der Waals surface area (Å²) in [6, 6.07) is 7.36. The van der Waals surface area contributed by atoms with Crippen LogP contribution in [0.4, 0.5) is 4.79 Å². The number of benzene rings is 1. The predicted octanol–water partition coefficient (Wildman–Crippen LogP) is 1.71. The number of nitrogens with zero attached hydrogens (tertiary/aromatic N) is 2. The molecule has 1 atom stereocenters. The van der Waals surface area contributed by atoms with Crippen molar-refractivity contribution in [2.24, 2.45) is 0 Å². The van der Waals surface area contributed by atoms with Crippen molar-refractivity contribution in [2.45, 2.75) is 12.6 Å². The molecule has 1 aromatic heterocycles. The summed E-state index contributed by atoms with van der Waals surface area (Å²) in [6.45, 7) is 1.93. The van der Waals surface area contributed by atoms with Crippen LogP contribution in [0.25, 0.3) is 0 Å². The Morgan fingerprint density at radius 1 is 1.36 bits per heavy atom. The fourth-order valence-electron chi connectivity index (χ4n) is 2.75. The Kier molecular flexibility index (Phi) is 5.39. The third-order valence-corrected chi connectivity index (χ3v) is 4.12. The number of carbonyl (C=O) groups excluding carboxylic acids is 1. The highest BCUT2D eigenvalue weighted by Gasteiger charge is 2.26. The number of amides is 2. The molecule has 134 valence electrons. The number of rotatable bonds is 5. The number of methoxy groups -OCH3 is 2. The van der Waals surface area contributed by atoms with E-state index in [1.807, 2.05) is 24.3 Å². The van der Waals surface area contributed by atoms with E-state index in [9.17, 15) is 4.79 Å². The molecular weight excluding hydrogens is 324 g/mol. The molecule has 25 heavy (non-hydrogen) atoms. The summed E-state index contributed by atoms with van der Waals surface area (Å²) in [6.07, 6.45) is 1.45. The van der Waals surface area contributed by atoms with Crippen molar-refractivity contribution in [2.75, 3.05) is 33.9 Å². The second-order valence-corrected chi connectivity index (χ2v) is 5.66. The van der Waals surface area contributed by atoms with Gasteiger partial charge in [0.15, 0.2) is 11.5 Å². The van der Waals surface area contributed by atoms with Crippen LogP contribution in [0, 0.1) is 0 Å². The fourth-order valence-corrected chi connectivity index (χ4v) is 2.75. The number of aromatic amines is 1. The zero-order valence-corrected chi connectivity index (χ0v) is 14.3. The quantitative estimate of drug-likeness (QED) is 0.860. The summed E-state index contributed by atoms with van der Waals surface area (Å²) in [5, 5.41) is 9.57. The van der Waals surface area contributed by atoms with Crippen LogP contribution in [0.15, 0.2) is 30.5 Å². The SMILES string of the molecule is COc1ccc(C2CN(C(=O)NCc3ccn[nH]3)CCO2)cc1OC. The van der Waals surface area contributed by atoms with Crippen LogP contribution in [-0.4, -0.2) is 55.0 Å². The van der Waals surface area contributed by atoms with Crippen molar-refractivity contribution < 1.29 is 19.0 Å². The van der Waals surface area contributed by atoms with Crippen LogP contribution in [-0.2, 0) is 11.3 Å². The Bertz CT molecular complexity index is 705. The molecule has 1 fully saturated rings. The number of hydrogen-bond acceptors (Lipinski definition) is 5. The highest BCUT2D eigenvalue weighted by molar-refractivity contribution is 5.74. The number of carbonyl (C=O) groups is 1. The predicted molar refractivity (Wildman–Crippen MR) is 90.6 cm³/mol. The average Bonchev–Trinajstić information content (AvgIpc) is 3.19. The Labute approximate surface area is 146 Å². The minimum Gasteiger partial charge on any atom is -0.493 e. The largest absolute Gasteiger partial charge is 0.493 e. The highest BCUT2D eigenvalue weighted by Crippen LogP contribution is 2.32. The van der Waals surface area contributed by atoms with E-state index in [0.717, 1.165) is 11.3 Å². The van der Waals surface area contributed by atoms with Gasteiger partial charge in [0, 0.05) is 12.7 Å². The van der Waals surface area contributed by atoms with E-state index in [1.165, 1.54) is 0 Å². The summed E-state index contributed by atoms with van der Waals surface area (Å²) in [5.74, 6) is 1.31. The van der Waals surface area contributed by atoms with Crippen LogP contribution in [0.2, 0.25) is 0 Å². The zero-order valence-electron chi connectivity index (χ0n) is 14.3. The minimum absolute atomic E-state index is 0.122. The molecule has 2 heterocycles. The molecule has 0 radical (unpaired) electrons. The summed E-state index contributed by atoms with van der Waals surface area (Å²) in [4.78, 5) is 14.1. The van der Waals surface area contributed by atoms with Gasteiger partial charge in [0.25, 0.3) is 0 Å². The molecule has 3 rings (SSSR count). The Balaban J connectivity index is 1.63. The van der Waals surface area contributed by atoms with E-state index in [-0.39, 0.29) is 12.1 Å². The summed E-state index contributed by atoms with van der Waals surface area (Å²) < 4.78 is 16.4. The van der Waals surface area contributed by atoms with Crippen LogP contribution >= 0.6 is 0 Å². The van der Waals surface area contributed by atoms with Crippen molar-refractivity contribution in [3.05, 3.63) is 41.7 Å². The fraction of sp³-hybridized carbons (Fsp3) is 0.412. The smallest absolute Gasteiger partial charge is 0.317 e. The molecule has 1 aliphatic heterocycles. The number of aromatic nitrogens is 2. The molecule has 1 aliphatic rings. The van der Waals surface area contributed by atoms with Gasteiger partial charge in [-0.3, -0.25) is 5.10 Å². The lowest BCUT2D eigenvalue weighted by atomic mass is 10.1. The Morgan fingerprint density at radius 3 is 2.92 bits per heavy atom. The lowest BCUT2D eigenvalue weighted by Crippen LogP contribution is -2.47. The van der Waals surface area contributed by atoms with Gasteiger partial charge < -0.3 is 24.4 Å². The second-order valence-electron chi connectivity index (χ2n) is 5.66. The lowest BCUT2D eigenvalue weighted by molar-refractivity contribution is -0.0155. The molecule has 8 heteroatoms. The van der Waals surface area contributed by atoms with Crippen LogP contribution in [0.5, 0.6) is 11.5 Å². The van der Waals surface area contributed by atoms with Gasteiger partial charge in [0.2, 0.25) is 0 Å². The third-order valence-electron chi connectivity index (χ3n) is 4.12. The van der Waals surface area contributed by atoms with E-state index in [4.69, 9.17) is 14.2 Å². The first-order chi connectivity index (χ1) is 12.2. The van der Waals surface area contributed by atoms with Crippen LogP contribution < -0.4 is 14.8 Å². The average molecular weight is 346 g/mol. The van der Waals surface area contributed by atoms with E-state index in [0.29, 0.717) is 37.7 Å². The molecule has 1 unspecified atom stereocenters. The molecule has 2 aromatic rings. The van der Waals surface area contributed by atoms with Gasteiger partial charge in [-0.25, -0.2) is 4.79 Å². The van der Waals surface area contributed by atoms with Gasteiger partial charge in [-0.05, 0) is 23.8 Å². The van der Waals surface area contributed by atoms with Crippen molar-refractivity contribution in [3.63, 3.8) is 0 Å². The van der Waals surface area contributed by atoms with Crippen LogP contribution in [0.1, 0.15) is 17.4 Å².